The molecule has 1 fully saturated rings. The number of ketones is 2. The fourth-order valence-corrected chi connectivity index (χ4v) is 1.19. The second-order valence-corrected chi connectivity index (χ2v) is 3.14. The summed E-state index contributed by atoms with van der Waals surface area (Å²) in [6.45, 7) is 1.08. The molecule has 0 unspecified atom stereocenters. The normalized spacial score (nSPS) is 17.8. The van der Waals surface area contributed by atoms with Crippen molar-refractivity contribution in [2.24, 2.45) is 0 Å². The van der Waals surface area contributed by atoms with Crippen molar-refractivity contribution in [3.63, 3.8) is 0 Å². The monoisotopic (exact) mass is 326 g/mol. The molecule has 93 valence electrons. The van der Waals surface area contributed by atoms with Gasteiger partial charge in [-0.25, -0.2) is 0 Å². The molecule has 0 saturated heterocycles. The Morgan fingerprint density at radius 3 is 1.78 bits per heavy atom. The van der Waals surface area contributed by atoms with Gasteiger partial charge in [0.15, 0.2) is 17.7 Å². The molecule has 0 bridgehead atoms. The number of amides is 2. The van der Waals surface area contributed by atoms with Crippen molar-refractivity contribution in [2.45, 2.75) is 18.9 Å². The largest absolute Gasteiger partial charge is 0.641 e. The van der Waals surface area contributed by atoms with Crippen LogP contribution in [0.15, 0.2) is 12.2 Å². The fraction of sp³-hybridized carbons (Fsp3) is 0.300. The van der Waals surface area contributed by atoms with Crippen molar-refractivity contribution in [2.75, 3.05) is 0 Å². The zero-order valence-electron chi connectivity index (χ0n) is 9.12. The van der Waals surface area contributed by atoms with Gasteiger partial charge in [-0.15, -0.1) is 0 Å². The van der Waals surface area contributed by atoms with Crippen molar-refractivity contribution >= 4 is 29.9 Å². The van der Waals surface area contributed by atoms with Gasteiger partial charge < -0.3 is 24.4 Å². The van der Waals surface area contributed by atoms with E-state index in [0.717, 1.165) is 18.6 Å². The molecule has 0 aromatic heterocycles. The van der Waals surface area contributed by atoms with Gasteiger partial charge in [-0.3, -0.25) is 9.59 Å². The Hall–Kier alpha value is -1.21. The Morgan fingerprint density at radius 1 is 1.06 bits per heavy atom. The molecule has 2 aliphatic rings. The molecule has 0 atom stereocenters. The van der Waals surface area contributed by atoms with E-state index < -0.39 is 17.9 Å². The van der Waals surface area contributed by atoms with E-state index in [-0.39, 0.29) is 57.1 Å². The van der Waals surface area contributed by atoms with E-state index in [0.29, 0.717) is 0 Å². The third kappa shape index (κ3) is 4.97. The SMILES string of the molecule is O=C1C=CC(=O)[N-]1.O=[C-]OC1C(=O)CCC1=O.[Y]. The van der Waals surface area contributed by atoms with Gasteiger partial charge in [0, 0.05) is 45.6 Å². The van der Waals surface area contributed by atoms with Gasteiger partial charge in [-0.1, -0.05) is 6.47 Å². The predicted molar refractivity (Wildman–Crippen MR) is 52.3 cm³/mol. The first-order chi connectivity index (χ1) is 8.04. The molecule has 0 aromatic rings. The van der Waals surface area contributed by atoms with Gasteiger partial charge in [0.05, 0.1) is 11.8 Å². The third-order valence-corrected chi connectivity index (χ3v) is 1.96. The van der Waals surface area contributed by atoms with Crippen molar-refractivity contribution in [1.82, 2.24) is 0 Å². The minimum Gasteiger partial charge on any atom is -0.641 e. The number of imide groups is 1. The molecule has 0 aromatic carbocycles. The molecule has 0 N–H and O–H groups in total. The summed E-state index contributed by atoms with van der Waals surface area (Å²) >= 11 is 0. The van der Waals surface area contributed by atoms with Gasteiger partial charge in [0.2, 0.25) is 0 Å². The molecule has 1 aliphatic heterocycles. The van der Waals surface area contributed by atoms with E-state index in [1.807, 2.05) is 0 Å². The number of nitrogens with zero attached hydrogens (tertiary/aromatic N) is 1. The summed E-state index contributed by atoms with van der Waals surface area (Å²) in [5.74, 6) is -1.56. The molecule has 2 amide bonds. The van der Waals surface area contributed by atoms with E-state index in [1.165, 1.54) is 0 Å². The topological polar surface area (TPSA) is 109 Å². The molecule has 1 aliphatic carbocycles. The molecular weight excluding hydrogens is 319 g/mol. The quantitative estimate of drug-likeness (QED) is 0.379. The first kappa shape index (κ1) is 16.8. The van der Waals surface area contributed by atoms with Crippen LogP contribution in [-0.2, 0) is 61.4 Å². The Balaban J connectivity index is 0.000000321. The number of carbonyl (C=O) groups excluding carboxylic acids is 5. The van der Waals surface area contributed by atoms with Crippen LogP contribution in [0.5, 0.6) is 0 Å². The van der Waals surface area contributed by atoms with Gasteiger partial charge in [-0.2, -0.15) is 0 Å². The maximum Gasteiger partial charge on any atom is 0.180 e. The van der Waals surface area contributed by atoms with E-state index in [2.05, 4.69) is 10.1 Å². The molecular formula is C10H7NO6Y-2. The second-order valence-electron chi connectivity index (χ2n) is 3.14. The standard InChI is InChI=1S/C6H5O4.C4H3NO2.Y/c7-3-10-6-4(8)1-2-5(6)9;6-3-1-2-4(7)5-3;/h6H,1-2H2;1-2H,(H,5,6,7);/q-1;;/p-1. The number of hydrogen-bond donors (Lipinski definition) is 0. The summed E-state index contributed by atoms with van der Waals surface area (Å²) in [6, 6.07) is 0. The van der Waals surface area contributed by atoms with Gasteiger partial charge in [0.1, 0.15) is 0 Å². The summed E-state index contributed by atoms with van der Waals surface area (Å²) < 4.78 is 4.12. The first-order valence-electron chi connectivity index (χ1n) is 4.60. The smallest absolute Gasteiger partial charge is 0.180 e. The summed E-state index contributed by atoms with van der Waals surface area (Å²) in [5.41, 5.74) is 0. The number of Topliss-reactive ketones (excluding diaryl/α,β-unsaturated/α-hetero) is 2. The number of carbonyl (C=O) groups is 4. The van der Waals surface area contributed by atoms with Crippen LogP contribution in [-0.4, -0.2) is 36.0 Å². The molecule has 1 heterocycles. The zero-order valence-corrected chi connectivity index (χ0v) is 12.0. The average Bonchev–Trinajstić information content (AvgIpc) is 2.79. The fourth-order valence-electron chi connectivity index (χ4n) is 1.19. The Morgan fingerprint density at radius 2 is 1.50 bits per heavy atom. The van der Waals surface area contributed by atoms with Crippen molar-refractivity contribution in [3.05, 3.63) is 17.5 Å². The number of hydrogen-bond acceptors (Lipinski definition) is 6. The van der Waals surface area contributed by atoms with Crippen LogP contribution in [0.25, 0.3) is 5.32 Å². The van der Waals surface area contributed by atoms with E-state index >= 15 is 0 Å². The van der Waals surface area contributed by atoms with Gasteiger partial charge in [-0.05, 0) is 12.2 Å². The van der Waals surface area contributed by atoms with Gasteiger partial charge in [0.25, 0.3) is 0 Å². The third-order valence-electron chi connectivity index (χ3n) is 1.96. The van der Waals surface area contributed by atoms with E-state index in [4.69, 9.17) is 0 Å². The number of rotatable bonds is 2. The van der Waals surface area contributed by atoms with E-state index in [1.54, 1.807) is 0 Å². The van der Waals surface area contributed by atoms with Crippen LogP contribution < -0.4 is 0 Å². The molecule has 7 nitrogen and oxygen atoms in total. The average molecular weight is 326 g/mol. The minimum absolute atomic E-state index is 0. The predicted octanol–water partition coefficient (Wildman–Crippen LogP) is -0.649. The minimum atomic E-state index is -1.16. The van der Waals surface area contributed by atoms with Crippen LogP contribution in [0, 0.1) is 0 Å². The van der Waals surface area contributed by atoms with Crippen LogP contribution in [0.4, 0.5) is 0 Å². The summed E-state index contributed by atoms with van der Waals surface area (Å²) in [7, 11) is 0. The maximum absolute atomic E-state index is 10.6. The zero-order chi connectivity index (χ0) is 12.8. The molecule has 2 rings (SSSR count). The summed E-state index contributed by atoms with van der Waals surface area (Å²) in [4.78, 5) is 50.9. The molecule has 1 saturated carbocycles. The maximum atomic E-state index is 10.6. The van der Waals surface area contributed by atoms with Gasteiger partial charge >= 0.3 is 0 Å². The van der Waals surface area contributed by atoms with Crippen LogP contribution in [0.2, 0.25) is 0 Å². The summed E-state index contributed by atoms with van der Waals surface area (Å²) in [5, 5.41) is 3.00. The molecule has 0 spiro atoms. The van der Waals surface area contributed by atoms with Crippen LogP contribution in [0.1, 0.15) is 12.8 Å². The summed E-state index contributed by atoms with van der Waals surface area (Å²) in [6.07, 6.45) is 1.50. The second kappa shape index (κ2) is 7.99. The molecule has 8 heteroatoms. The van der Waals surface area contributed by atoms with Crippen molar-refractivity contribution in [3.8, 4) is 0 Å². The van der Waals surface area contributed by atoms with Crippen LogP contribution in [0.3, 0.4) is 0 Å². The Kier molecular flexibility index (Phi) is 7.46. The Labute approximate surface area is 127 Å². The Bertz CT molecular complexity index is 385. The molecule has 18 heavy (non-hydrogen) atoms. The number of ether oxygens (including phenoxy) is 1. The van der Waals surface area contributed by atoms with E-state index in [9.17, 15) is 24.0 Å². The van der Waals surface area contributed by atoms with Crippen LogP contribution >= 0.6 is 0 Å². The van der Waals surface area contributed by atoms with Crippen molar-refractivity contribution in [1.29, 1.82) is 0 Å². The molecule has 1 radical (unpaired) electrons. The first-order valence-corrected chi connectivity index (χ1v) is 4.60. The van der Waals surface area contributed by atoms with Crippen molar-refractivity contribution < 1.29 is 61.4 Å².